The van der Waals surface area contributed by atoms with Gasteiger partial charge in [0.15, 0.2) is 0 Å². The van der Waals surface area contributed by atoms with Crippen LogP contribution in [-0.4, -0.2) is 17.8 Å². The summed E-state index contributed by atoms with van der Waals surface area (Å²) in [5.74, 6) is -1.11. The number of carbonyl (C=O) groups excluding carboxylic acids is 3. The number of urea groups is 1. The number of nitrogens with zero attached hydrogens (tertiary/aromatic N) is 1. The zero-order chi connectivity index (χ0) is 24.4. The standard InChI is InChI=1S/C25H17Br2ClN2O4/c1-14-7-8-18(28)12-21(14)30-24(32)19(23(31)29-25(30)33)10-16-9-17(26)11-20(27)22(16)34-13-15-5-3-2-4-6-15/h2-12H,13H2,1H3,(H,29,31,33)/b19-10+. The Kier molecular flexibility index (Phi) is 7.21. The van der Waals surface area contributed by atoms with Crippen LogP contribution < -0.4 is 15.0 Å². The Bertz CT molecular complexity index is 1340. The van der Waals surface area contributed by atoms with Gasteiger partial charge < -0.3 is 4.74 Å². The second-order valence-corrected chi connectivity index (χ2v) is 9.68. The van der Waals surface area contributed by atoms with E-state index in [4.69, 9.17) is 16.3 Å². The van der Waals surface area contributed by atoms with Gasteiger partial charge in [-0.1, -0.05) is 63.9 Å². The third-order valence-electron chi connectivity index (χ3n) is 5.08. The highest BCUT2D eigenvalue weighted by atomic mass is 79.9. The molecule has 4 amide bonds. The number of aryl methyl sites for hydroxylation is 1. The smallest absolute Gasteiger partial charge is 0.335 e. The summed E-state index contributed by atoms with van der Waals surface area (Å²) in [6, 6.07) is 17.1. The zero-order valence-electron chi connectivity index (χ0n) is 17.8. The Morgan fingerprint density at radius 2 is 1.76 bits per heavy atom. The van der Waals surface area contributed by atoms with Crippen molar-refractivity contribution in [3.05, 3.63) is 96.9 Å². The average Bonchev–Trinajstić information content (AvgIpc) is 2.78. The van der Waals surface area contributed by atoms with Crippen molar-refractivity contribution >= 4 is 73.1 Å². The second kappa shape index (κ2) is 10.1. The molecular formula is C25H17Br2ClN2O4. The third kappa shape index (κ3) is 5.09. The molecule has 0 atom stereocenters. The molecule has 0 unspecified atom stereocenters. The number of benzene rings is 3. The molecule has 6 nitrogen and oxygen atoms in total. The van der Waals surface area contributed by atoms with Crippen molar-refractivity contribution in [1.29, 1.82) is 0 Å². The van der Waals surface area contributed by atoms with Crippen LogP contribution in [0.15, 0.2) is 75.2 Å². The number of ether oxygens (including phenoxy) is 1. The summed E-state index contributed by atoms with van der Waals surface area (Å²) in [6.07, 6.45) is 1.41. The van der Waals surface area contributed by atoms with E-state index in [1.807, 2.05) is 30.3 Å². The fourth-order valence-electron chi connectivity index (χ4n) is 3.42. The predicted octanol–water partition coefficient (Wildman–Crippen LogP) is 6.42. The molecule has 4 rings (SSSR count). The van der Waals surface area contributed by atoms with Crippen molar-refractivity contribution in [1.82, 2.24) is 5.32 Å². The maximum absolute atomic E-state index is 13.3. The number of nitrogens with one attached hydrogen (secondary N) is 1. The van der Waals surface area contributed by atoms with Crippen LogP contribution in [0.5, 0.6) is 5.75 Å². The van der Waals surface area contributed by atoms with E-state index in [0.29, 0.717) is 36.5 Å². The van der Waals surface area contributed by atoms with Crippen molar-refractivity contribution in [3.8, 4) is 5.75 Å². The minimum Gasteiger partial charge on any atom is -0.487 e. The van der Waals surface area contributed by atoms with Gasteiger partial charge in [0.05, 0.1) is 10.2 Å². The molecule has 1 fully saturated rings. The topological polar surface area (TPSA) is 75.7 Å². The molecule has 9 heteroatoms. The maximum Gasteiger partial charge on any atom is 0.335 e. The van der Waals surface area contributed by atoms with Gasteiger partial charge in [0, 0.05) is 15.1 Å². The molecule has 0 spiro atoms. The molecule has 1 heterocycles. The van der Waals surface area contributed by atoms with Gasteiger partial charge in [0.25, 0.3) is 11.8 Å². The van der Waals surface area contributed by atoms with Crippen LogP contribution in [0.1, 0.15) is 16.7 Å². The molecule has 1 saturated heterocycles. The number of rotatable bonds is 5. The Morgan fingerprint density at radius 3 is 2.50 bits per heavy atom. The molecule has 172 valence electrons. The van der Waals surface area contributed by atoms with Crippen molar-refractivity contribution in [2.45, 2.75) is 13.5 Å². The minimum absolute atomic E-state index is 0.214. The second-order valence-electron chi connectivity index (χ2n) is 7.47. The van der Waals surface area contributed by atoms with E-state index >= 15 is 0 Å². The van der Waals surface area contributed by atoms with Crippen LogP contribution in [0.25, 0.3) is 6.08 Å². The lowest BCUT2D eigenvalue weighted by molar-refractivity contribution is -0.122. The van der Waals surface area contributed by atoms with Gasteiger partial charge in [-0.05, 0) is 64.3 Å². The van der Waals surface area contributed by atoms with E-state index in [9.17, 15) is 14.4 Å². The lowest BCUT2D eigenvalue weighted by Gasteiger charge is -2.27. The van der Waals surface area contributed by atoms with E-state index in [1.54, 1.807) is 31.2 Å². The Hall–Kier alpha value is -2.94. The van der Waals surface area contributed by atoms with Crippen LogP contribution in [0.2, 0.25) is 5.02 Å². The molecule has 0 radical (unpaired) electrons. The fraction of sp³-hybridized carbons (Fsp3) is 0.0800. The molecule has 1 N–H and O–H groups in total. The Balaban J connectivity index is 1.75. The molecule has 1 aliphatic heterocycles. The number of carbonyl (C=O) groups is 3. The largest absolute Gasteiger partial charge is 0.487 e. The zero-order valence-corrected chi connectivity index (χ0v) is 21.7. The number of halogens is 3. The summed E-state index contributed by atoms with van der Waals surface area (Å²) in [7, 11) is 0. The maximum atomic E-state index is 13.3. The third-order valence-corrected chi connectivity index (χ3v) is 6.36. The highest BCUT2D eigenvalue weighted by molar-refractivity contribution is 9.11. The van der Waals surface area contributed by atoms with Gasteiger partial charge in [0.1, 0.15) is 17.9 Å². The van der Waals surface area contributed by atoms with Crippen molar-refractivity contribution in [2.75, 3.05) is 4.90 Å². The Labute approximate surface area is 217 Å². The summed E-state index contributed by atoms with van der Waals surface area (Å²) in [4.78, 5) is 39.5. The molecular weight excluding hydrogens is 588 g/mol. The van der Waals surface area contributed by atoms with Crippen LogP contribution >= 0.6 is 43.5 Å². The van der Waals surface area contributed by atoms with Crippen LogP contribution in [-0.2, 0) is 16.2 Å². The normalized spacial score (nSPS) is 15.0. The first-order valence-corrected chi connectivity index (χ1v) is 12.0. The summed E-state index contributed by atoms with van der Waals surface area (Å²) in [5.41, 5.74) is 2.17. The highest BCUT2D eigenvalue weighted by Crippen LogP contribution is 2.36. The minimum atomic E-state index is -0.839. The van der Waals surface area contributed by atoms with Crippen LogP contribution in [0.3, 0.4) is 0 Å². The Morgan fingerprint density at radius 1 is 1.03 bits per heavy atom. The quantitative estimate of drug-likeness (QED) is 0.270. The van der Waals surface area contributed by atoms with Crippen molar-refractivity contribution < 1.29 is 19.1 Å². The molecule has 1 aliphatic rings. The van der Waals surface area contributed by atoms with Crippen LogP contribution in [0.4, 0.5) is 10.5 Å². The molecule has 34 heavy (non-hydrogen) atoms. The number of hydrogen-bond donors (Lipinski definition) is 1. The summed E-state index contributed by atoms with van der Waals surface area (Å²) in [6.45, 7) is 2.02. The predicted molar refractivity (Wildman–Crippen MR) is 138 cm³/mol. The van der Waals surface area contributed by atoms with Crippen molar-refractivity contribution in [2.24, 2.45) is 0 Å². The monoisotopic (exact) mass is 602 g/mol. The number of barbiturate groups is 1. The summed E-state index contributed by atoms with van der Waals surface area (Å²) >= 11 is 13.0. The lowest BCUT2D eigenvalue weighted by atomic mass is 10.0. The fourth-order valence-corrected chi connectivity index (χ4v) is 4.96. The van der Waals surface area contributed by atoms with Gasteiger partial charge in [0.2, 0.25) is 0 Å². The highest BCUT2D eigenvalue weighted by Gasteiger charge is 2.37. The van der Waals surface area contributed by atoms with E-state index in [1.165, 1.54) is 12.1 Å². The molecule has 0 aromatic heterocycles. The van der Waals surface area contributed by atoms with E-state index in [2.05, 4.69) is 37.2 Å². The average molecular weight is 605 g/mol. The van der Waals surface area contributed by atoms with Gasteiger partial charge >= 0.3 is 6.03 Å². The summed E-state index contributed by atoms with van der Waals surface area (Å²) < 4.78 is 7.38. The van der Waals surface area contributed by atoms with Gasteiger partial charge in [-0.3, -0.25) is 14.9 Å². The van der Waals surface area contributed by atoms with Gasteiger partial charge in [-0.25, -0.2) is 9.69 Å². The number of anilines is 1. The van der Waals surface area contributed by atoms with Crippen molar-refractivity contribution in [3.63, 3.8) is 0 Å². The molecule has 3 aromatic carbocycles. The first kappa shape index (κ1) is 24.2. The van der Waals surface area contributed by atoms with Crippen LogP contribution in [0, 0.1) is 6.92 Å². The molecule has 0 bridgehead atoms. The SMILES string of the molecule is Cc1ccc(Cl)cc1N1C(=O)NC(=O)/C(=C\c2cc(Br)cc(Br)c2OCc2ccccc2)C1=O. The molecule has 0 aliphatic carbocycles. The lowest BCUT2D eigenvalue weighted by Crippen LogP contribution is -2.54. The molecule has 3 aromatic rings. The number of hydrogen-bond acceptors (Lipinski definition) is 4. The number of amides is 4. The van der Waals surface area contributed by atoms with E-state index < -0.39 is 17.8 Å². The number of imide groups is 2. The molecule has 0 saturated carbocycles. The first-order valence-electron chi connectivity index (χ1n) is 10.1. The summed E-state index contributed by atoms with van der Waals surface area (Å²) in [5, 5.41) is 2.59. The van der Waals surface area contributed by atoms with E-state index in [-0.39, 0.29) is 12.2 Å². The first-order chi connectivity index (χ1) is 16.2. The van der Waals surface area contributed by atoms with E-state index in [0.717, 1.165) is 10.5 Å². The van der Waals surface area contributed by atoms with Gasteiger partial charge in [-0.15, -0.1) is 0 Å². The van der Waals surface area contributed by atoms with Gasteiger partial charge in [-0.2, -0.15) is 0 Å².